The summed E-state index contributed by atoms with van der Waals surface area (Å²) in [6, 6.07) is 6.09. The van der Waals surface area contributed by atoms with Gasteiger partial charge in [-0.25, -0.2) is 0 Å². The van der Waals surface area contributed by atoms with Gasteiger partial charge in [-0.3, -0.25) is 0 Å². The summed E-state index contributed by atoms with van der Waals surface area (Å²) >= 11 is 0. The fourth-order valence-corrected chi connectivity index (χ4v) is 1.84. The summed E-state index contributed by atoms with van der Waals surface area (Å²) in [6.45, 7) is 2.68. The van der Waals surface area contributed by atoms with E-state index in [4.69, 9.17) is 14.6 Å². The van der Waals surface area contributed by atoms with Crippen LogP contribution in [0.25, 0.3) is 0 Å². The van der Waals surface area contributed by atoms with Crippen molar-refractivity contribution in [2.45, 2.75) is 26.2 Å². The molecule has 0 saturated carbocycles. The van der Waals surface area contributed by atoms with E-state index in [1.807, 2.05) is 12.1 Å². The van der Waals surface area contributed by atoms with Crippen molar-refractivity contribution >= 4 is 0 Å². The zero-order chi connectivity index (χ0) is 11.4. The average molecular weight is 222 g/mol. The molecular formula is C13H18O3. The van der Waals surface area contributed by atoms with Gasteiger partial charge in [-0.2, -0.15) is 0 Å². The van der Waals surface area contributed by atoms with E-state index < -0.39 is 0 Å². The van der Waals surface area contributed by atoms with Crippen LogP contribution < -0.4 is 9.47 Å². The van der Waals surface area contributed by atoms with Crippen molar-refractivity contribution in [1.29, 1.82) is 0 Å². The Morgan fingerprint density at radius 1 is 1.31 bits per heavy atom. The molecule has 1 aromatic carbocycles. The minimum Gasteiger partial charge on any atom is -0.454 e. The number of hydrogen-bond donors (Lipinski definition) is 1. The first-order valence-electron chi connectivity index (χ1n) is 5.79. The smallest absolute Gasteiger partial charge is 0.231 e. The lowest BCUT2D eigenvalue weighted by Gasteiger charge is -2.07. The molecule has 0 amide bonds. The molecule has 1 atom stereocenters. The van der Waals surface area contributed by atoms with Crippen molar-refractivity contribution in [3.63, 3.8) is 0 Å². The molecular weight excluding hydrogens is 204 g/mol. The maximum atomic E-state index is 8.92. The normalized spacial score (nSPS) is 15.1. The molecule has 3 nitrogen and oxygen atoms in total. The number of fused-ring (bicyclic) bond motifs is 1. The Morgan fingerprint density at radius 3 is 2.94 bits per heavy atom. The number of aryl methyl sites for hydroxylation is 1. The molecule has 1 N–H and O–H groups in total. The Morgan fingerprint density at radius 2 is 2.12 bits per heavy atom. The van der Waals surface area contributed by atoms with E-state index in [-0.39, 0.29) is 6.61 Å². The first-order valence-corrected chi connectivity index (χ1v) is 5.79. The average Bonchev–Trinajstić information content (AvgIpc) is 2.76. The summed E-state index contributed by atoms with van der Waals surface area (Å²) in [6.07, 6.45) is 3.19. The molecule has 0 saturated heterocycles. The third kappa shape index (κ3) is 2.67. The Bertz CT molecular complexity index is 349. The lowest BCUT2D eigenvalue weighted by molar-refractivity contribution is 0.174. The van der Waals surface area contributed by atoms with E-state index >= 15 is 0 Å². The van der Waals surface area contributed by atoms with Crippen LogP contribution in [0.5, 0.6) is 11.5 Å². The molecule has 1 aliphatic rings. The van der Waals surface area contributed by atoms with Crippen LogP contribution >= 0.6 is 0 Å². The van der Waals surface area contributed by atoms with Crippen LogP contribution in [0.1, 0.15) is 25.3 Å². The predicted octanol–water partition coefficient (Wildman–Crippen LogP) is 2.37. The van der Waals surface area contributed by atoms with E-state index in [1.54, 1.807) is 0 Å². The Labute approximate surface area is 96.0 Å². The van der Waals surface area contributed by atoms with E-state index in [9.17, 15) is 0 Å². The predicted molar refractivity (Wildman–Crippen MR) is 61.8 cm³/mol. The summed E-state index contributed by atoms with van der Waals surface area (Å²) < 4.78 is 10.6. The van der Waals surface area contributed by atoms with Crippen molar-refractivity contribution in [1.82, 2.24) is 0 Å². The van der Waals surface area contributed by atoms with E-state index in [1.165, 1.54) is 5.56 Å². The second-order valence-electron chi connectivity index (χ2n) is 4.37. The highest BCUT2D eigenvalue weighted by atomic mass is 16.7. The van der Waals surface area contributed by atoms with Gasteiger partial charge in [0.1, 0.15) is 0 Å². The molecule has 1 heterocycles. The Hall–Kier alpha value is -1.22. The van der Waals surface area contributed by atoms with Crippen LogP contribution in [0.2, 0.25) is 0 Å². The van der Waals surface area contributed by atoms with Gasteiger partial charge in [-0.15, -0.1) is 0 Å². The van der Waals surface area contributed by atoms with Crippen molar-refractivity contribution in [3.8, 4) is 11.5 Å². The molecule has 0 aromatic heterocycles. The van der Waals surface area contributed by atoms with Crippen LogP contribution in [0, 0.1) is 5.92 Å². The van der Waals surface area contributed by atoms with Gasteiger partial charge in [0.05, 0.1) is 0 Å². The van der Waals surface area contributed by atoms with Crippen molar-refractivity contribution in [2.75, 3.05) is 13.4 Å². The largest absolute Gasteiger partial charge is 0.454 e. The van der Waals surface area contributed by atoms with Gasteiger partial charge >= 0.3 is 0 Å². The summed E-state index contributed by atoms with van der Waals surface area (Å²) in [5.74, 6) is 2.09. The van der Waals surface area contributed by atoms with E-state index in [0.29, 0.717) is 12.7 Å². The Balaban J connectivity index is 1.86. The van der Waals surface area contributed by atoms with Gasteiger partial charge < -0.3 is 14.6 Å². The number of rotatable bonds is 5. The maximum Gasteiger partial charge on any atom is 0.231 e. The second-order valence-corrected chi connectivity index (χ2v) is 4.37. The molecule has 1 unspecified atom stereocenters. The Kier molecular flexibility index (Phi) is 3.67. The van der Waals surface area contributed by atoms with Gasteiger partial charge in [0.2, 0.25) is 6.79 Å². The van der Waals surface area contributed by atoms with Gasteiger partial charge in [0.15, 0.2) is 11.5 Å². The third-order valence-electron chi connectivity index (χ3n) is 2.91. The van der Waals surface area contributed by atoms with Crippen LogP contribution in [0.3, 0.4) is 0 Å². The van der Waals surface area contributed by atoms with Gasteiger partial charge in [-0.05, 0) is 42.9 Å². The van der Waals surface area contributed by atoms with Gasteiger partial charge in [0.25, 0.3) is 0 Å². The molecule has 88 valence electrons. The standard InChI is InChI=1S/C13H18O3/c1-10(8-14)3-2-4-11-5-6-12-13(7-11)16-9-15-12/h5-7,10,14H,2-4,8-9H2,1H3. The molecule has 1 aliphatic heterocycles. The number of ether oxygens (including phenoxy) is 2. The number of aliphatic hydroxyl groups is 1. The lowest BCUT2D eigenvalue weighted by atomic mass is 10.0. The van der Waals surface area contributed by atoms with Crippen LogP contribution in [0.15, 0.2) is 18.2 Å². The highest BCUT2D eigenvalue weighted by Gasteiger charge is 2.12. The topological polar surface area (TPSA) is 38.7 Å². The zero-order valence-electron chi connectivity index (χ0n) is 9.61. The minimum absolute atomic E-state index is 0.279. The molecule has 1 aromatic rings. The summed E-state index contributed by atoms with van der Waals surface area (Å²) in [7, 11) is 0. The first-order chi connectivity index (χ1) is 7.79. The maximum absolute atomic E-state index is 8.92. The highest BCUT2D eigenvalue weighted by Crippen LogP contribution is 2.32. The van der Waals surface area contributed by atoms with Crippen molar-refractivity contribution < 1.29 is 14.6 Å². The van der Waals surface area contributed by atoms with Crippen molar-refractivity contribution in [2.24, 2.45) is 5.92 Å². The van der Waals surface area contributed by atoms with E-state index in [2.05, 4.69) is 13.0 Å². The number of benzene rings is 1. The zero-order valence-corrected chi connectivity index (χ0v) is 9.61. The summed E-state index contributed by atoms with van der Waals surface area (Å²) in [5.41, 5.74) is 1.27. The minimum atomic E-state index is 0.279. The lowest BCUT2D eigenvalue weighted by Crippen LogP contribution is -2.00. The van der Waals surface area contributed by atoms with Crippen LogP contribution in [-0.2, 0) is 6.42 Å². The molecule has 2 rings (SSSR count). The quantitative estimate of drug-likeness (QED) is 0.831. The SMILES string of the molecule is CC(CO)CCCc1ccc2c(c1)OCO2. The van der Waals surface area contributed by atoms with Crippen LogP contribution in [-0.4, -0.2) is 18.5 Å². The van der Waals surface area contributed by atoms with Crippen LogP contribution in [0.4, 0.5) is 0 Å². The molecule has 16 heavy (non-hydrogen) atoms. The molecule has 0 fully saturated rings. The van der Waals surface area contributed by atoms with E-state index in [0.717, 1.165) is 30.8 Å². The summed E-state index contributed by atoms with van der Waals surface area (Å²) in [5, 5.41) is 8.92. The second kappa shape index (κ2) is 5.21. The molecule has 0 radical (unpaired) electrons. The fourth-order valence-electron chi connectivity index (χ4n) is 1.84. The number of hydrogen-bond acceptors (Lipinski definition) is 3. The fraction of sp³-hybridized carbons (Fsp3) is 0.538. The number of aliphatic hydroxyl groups excluding tert-OH is 1. The summed E-state index contributed by atoms with van der Waals surface area (Å²) in [4.78, 5) is 0. The molecule has 0 aliphatic carbocycles. The van der Waals surface area contributed by atoms with Gasteiger partial charge in [0, 0.05) is 6.61 Å². The molecule has 3 heteroatoms. The molecule has 0 spiro atoms. The molecule has 0 bridgehead atoms. The monoisotopic (exact) mass is 222 g/mol. The van der Waals surface area contributed by atoms with Gasteiger partial charge in [-0.1, -0.05) is 13.0 Å². The van der Waals surface area contributed by atoms with Crippen molar-refractivity contribution in [3.05, 3.63) is 23.8 Å². The first kappa shape index (κ1) is 11.3. The highest BCUT2D eigenvalue weighted by molar-refractivity contribution is 5.44. The third-order valence-corrected chi connectivity index (χ3v) is 2.91.